The largest absolute Gasteiger partial charge is 0.497 e. The van der Waals surface area contributed by atoms with Gasteiger partial charge in [-0.15, -0.1) is 0 Å². The number of carbonyl (C=O) groups excluding carboxylic acids is 1. The van der Waals surface area contributed by atoms with Crippen LogP contribution in [0.2, 0.25) is 0 Å². The van der Waals surface area contributed by atoms with Crippen molar-refractivity contribution in [2.24, 2.45) is 0 Å². The van der Waals surface area contributed by atoms with Gasteiger partial charge in [-0.2, -0.15) is 0 Å². The number of hydrogen-bond acceptors (Lipinski definition) is 5. The van der Waals surface area contributed by atoms with Crippen LogP contribution in [0.4, 0.5) is 0 Å². The second kappa shape index (κ2) is 12.1. The average Bonchev–Trinajstić information content (AvgIpc) is 2.80. The van der Waals surface area contributed by atoms with E-state index >= 15 is 0 Å². The summed E-state index contributed by atoms with van der Waals surface area (Å²) in [4.78, 5) is 14.9. The molecule has 0 bridgehead atoms. The van der Waals surface area contributed by atoms with E-state index < -0.39 is 0 Å². The lowest BCUT2D eigenvalue weighted by molar-refractivity contribution is -0.121. The highest BCUT2D eigenvalue weighted by molar-refractivity contribution is 5.76. The number of nitrogens with zero attached hydrogens (tertiary/aromatic N) is 1. The molecule has 1 N–H and O–H groups in total. The van der Waals surface area contributed by atoms with Crippen molar-refractivity contribution in [3.05, 3.63) is 53.6 Å². The number of carbonyl (C=O) groups is 1. The Morgan fingerprint density at radius 3 is 2.13 bits per heavy atom. The van der Waals surface area contributed by atoms with Crippen molar-refractivity contribution < 1.29 is 19.0 Å². The van der Waals surface area contributed by atoms with E-state index in [0.717, 1.165) is 41.5 Å². The Balaban J connectivity index is 2.01. The minimum atomic E-state index is 0.0249. The molecule has 1 atom stereocenters. The molecule has 0 fully saturated rings. The van der Waals surface area contributed by atoms with E-state index in [4.69, 9.17) is 14.2 Å². The summed E-state index contributed by atoms with van der Waals surface area (Å²) in [6.45, 7) is 6.62. The lowest BCUT2D eigenvalue weighted by atomic mass is 10.0. The van der Waals surface area contributed by atoms with Crippen LogP contribution in [0.1, 0.15) is 37.4 Å². The van der Waals surface area contributed by atoms with Crippen LogP contribution in [0, 0.1) is 0 Å². The smallest absolute Gasteiger partial charge is 0.220 e. The maximum Gasteiger partial charge on any atom is 0.220 e. The van der Waals surface area contributed by atoms with E-state index in [1.54, 1.807) is 21.3 Å². The van der Waals surface area contributed by atoms with Gasteiger partial charge in [0, 0.05) is 19.0 Å². The Bertz CT molecular complexity index is 783. The third-order valence-electron chi connectivity index (χ3n) is 5.28. The minimum Gasteiger partial charge on any atom is -0.497 e. The van der Waals surface area contributed by atoms with Gasteiger partial charge in [0.05, 0.1) is 27.4 Å². The first-order chi connectivity index (χ1) is 14.5. The summed E-state index contributed by atoms with van der Waals surface area (Å²) in [6.07, 6.45) is 1.02. The van der Waals surface area contributed by atoms with Crippen molar-refractivity contribution in [1.29, 1.82) is 0 Å². The van der Waals surface area contributed by atoms with E-state index in [2.05, 4.69) is 30.1 Å². The zero-order valence-corrected chi connectivity index (χ0v) is 18.7. The highest BCUT2D eigenvalue weighted by Gasteiger charge is 2.19. The summed E-state index contributed by atoms with van der Waals surface area (Å²) in [5, 5.41) is 3.11. The third kappa shape index (κ3) is 6.66. The van der Waals surface area contributed by atoms with Crippen molar-refractivity contribution in [1.82, 2.24) is 10.2 Å². The number of benzene rings is 2. The van der Waals surface area contributed by atoms with Crippen LogP contribution in [0.25, 0.3) is 0 Å². The molecule has 30 heavy (non-hydrogen) atoms. The van der Waals surface area contributed by atoms with Gasteiger partial charge in [-0.05, 0) is 54.9 Å². The molecule has 164 valence electrons. The summed E-state index contributed by atoms with van der Waals surface area (Å²) in [5.74, 6) is 2.30. The molecule has 2 aromatic carbocycles. The number of methoxy groups -OCH3 is 3. The van der Waals surface area contributed by atoms with Gasteiger partial charge in [0.15, 0.2) is 0 Å². The highest BCUT2D eigenvalue weighted by atomic mass is 16.5. The first-order valence-electron chi connectivity index (χ1n) is 10.4. The van der Waals surface area contributed by atoms with E-state index in [1.165, 1.54) is 0 Å². The van der Waals surface area contributed by atoms with Crippen LogP contribution in [0.5, 0.6) is 17.2 Å². The molecule has 6 nitrogen and oxygen atoms in total. The van der Waals surface area contributed by atoms with Gasteiger partial charge in [0.1, 0.15) is 17.2 Å². The number of aryl methyl sites for hydroxylation is 1. The number of rotatable bonds is 12. The number of amides is 1. The van der Waals surface area contributed by atoms with Gasteiger partial charge in [0.2, 0.25) is 5.91 Å². The zero-order valence-electron chi connectivity index (χ0n) is 18.7. The predicted molar refractivity (Wildman–Crippen MR) is 120 cm³/mol. The van der Waals surface area contributed by atoms with E-state index in [9.17, 15) is 4.79 Å². The molecule has 0 unspecified atom stereocenters. The van der Waals surface area contributed by atoms with Crippen LogP contribution in [-0.2, 0) is 11.2 Å². The molecule has 0 aliphatic carbocycles. The van der Waals surface area contributed by atoms with Crippen LogP contribution >= 0.6 is 0 Å². The fourth-order valence-corrected chi connectivity index (χ4v) is 3.54. The summed E-state index contributed by atoms with van der Waals surface area (Å²) in [5.41, 5.74) is 2.14. The maximum atomic E-state index is 12.6. The van der Waals surface area contributed by atoms with Crippen LogP contribution in [0.15, 0.2) is 42.5 Å². The second-order valence-corrected chi connectivity index (χ2v) is 7.04. The van der Waals surface area contributed by atoms with Crippen molar-refractivity contribution in [3.63, 3.8) is 0 Å². The topological polar surface area (TPSA) is 60.0 Å². The Labute approximate surface area is 180 Å². The normalized spacial score (nSPS) is 11.8. The van der Waals surface area contributed by atoms with E-state index in [-0.39, 0.29) is 11.9 Å². The van der Waals surface area contributed by atoms with Gasteiger partial charge in [0.25, 0.3) is 0 Å². The van der Waals surface area contributed by atoms with E-state index in [1.807, 2.05) is 36.4 Å². The molecule has 0 heterocycles. The highest BCUT2D eigenvalue weighted by Crippen LogP contribution is 2.25. The molecule has 2 rings (SSSR count). The summed E-state index contributed by atoms with van der Waals surface area (Å²) in [7, 11) is 4.91. The average molecular weight is 415 g/mol. The molecule has 0 saturated carbocycles. The number of likely N-dealkylation sites (N-methyl/N-ethyl adjacent to an activating group) is 1. The number of hydrogen-bond donors (Lipinski definition) is 1. The van der Waals surface area contributed by atoms with Gasteiger partial charge < -0.3 is 19.5 Å². The zero-order chi connectivity index (χ0) is 21.9. The molecular formula is C24H34N2O4. The Hall–Kier alpha value is -2.73. The first-order valence-corrected chi connectivity index (χ1v) is 10.4. The maximum absolute atomic E-state index is 12.6. The molecular weight excluding hydrogens is 380 g/mol. The molecule has 0 aromatic heterocycles. The molecule has 2 aromatic rings. The fourth-order valence-electron chi connectivity index (χ4n) is 3.54. The van der Waals surface area contributed by atoms with E-state index in [0.29, 0.717) is 19.4 Å². The van der Waals surface area contributed by atoms with Crippen molar-refractivity contribution in [3.8, 4) is 17.2 Å². The Kier molecular flexibility index (Phi) is 9.48. The number of nitrogens with one attached hydrogen (secondary N) is 1. The lowest BCUT2D eigenvalue weighted by Crippen LogP contribution is -2.38. The van der Waals surface area contributed by atoms with Gasteiger partial charge in [-0.25, -0.2) is 0 Å². The molecule has 1 amide bonds. The van der Waals surface area contributed by atoms with Crippen LogP contribution in [-0.4, -0.2) is 51.8 Å². The monoisotopic (exact) mass is 414 g/mol. The predicted octanol–water partition coefficient (Wildman–Crippen LogP) is 3.84. The third-order valence-corrected chi connectivity index (χ3v) is 5.28. The molecule has 0 aliphatic rings. The summed E-state index contributed by atoms with van der Waals surface area (Å²) < 4.78 is 16.0. The minimum absolute atomic E-state index is 0.0249. The molecule has 0 radical (unpaired) electrons. The molecule has 0 spiro atoms. The van der Waals surface area contributed by atoms with Crippen molar-refractivity contribution in [2.45, 2.75) is 32.7 Å². The molecule has 0 aliphatic heterocycles. The number of ether oxygens (including phenoxy) is 3. The summed E-state index contributed by atoms with van der Waals surface area (Å²) >= 11 is 0. The van der Waals surface area contributed by atoms with Crippen LogP contribution < -0.4 is 19.5 Å². The second-order valence-electron chi connectivity index (χ2n) is 7.04. The van der Waals surface area contributed by atoms with Gasteiger partial charge in [-0.3, -0.25) is 9.69 Å². The Morgan fingerprint density at radius 2 is 1.57 bits per heavy atom. The van der Waals surface area contributed by atoms with Crippen molar-refractivity contribution in [2.75, 3.05) is 41.0 Å². The lowest BCUT2D eigenvalue weighted by Gasteiger charge is -2.30. The molecule has 6 heteroatoms. The fraction of sp³-hybridized carbons (Fsp3) is 0.458. The van der Waals surface area contributed by atoms with Crippen molar-refractivity contribution >= 4 is 5.91 Å². The first kappa shape index (κ1) is 23.5. The summed E-state index contributed by atoms with van der Waals surface area (Å²) in [6, 6.07) is 13.8. The van der Waals surface area contributed by atoms with Crippen LogP contribution in [0.3, 0.4) is 0 Å². The Morgan fingerprint density at radius 1 is 0.933 bits per heavy atom. The van der Waals surface area contributed by atoms with Gasteiger partial charge in [-0.1, -0.05) is 26.0 Å². The molecule has 0 saturated heterocycles. The SMILES string of the molecule is CCN(CC)[C@@H](CNC(=O)CCc1cc(OC)cc(OC)c1)c1cccc(OC)c1. The van der Waals surface area contributed by atoms with Gasteiger partial charge >= 0.3 is 0 Å². The standard InChI is InChI=1S/C24H34N2O4/c1-6-26(7-2)23(19-9-8-10-20(15-19)28-3)17-25-24(27)12-11-18-13-21(29-4)16-22(14-18)30-5/h8-10,13-16,23H,6-7,11-12,17H2,1-5H3,(H,25,27)/t23-/m0/s1. The quantitative estimate of drug-likeness (QED) is 0.572.